The summed E-state index contributed by atoms with van der Waals surface area (Å²) in [5.41, 5.74) is 3.48. The van der Waals surface area contributed by atoms with Crippen LogP contribution in [0.2, 0.25) is 0 Å². The lowest BCUT2D eigenvalue weighted by Gasteiger charge is -2.31. The number of aryl methyl sites for hydroxylation is 2. The maximum Gasteiger partial charge on any atom is 0.244 e. The van der Waals surface area contributed by atoms with Crippen LogP contribution >= 0.6 is 0 Å². The fraction of sp³-hybridized carbons (Fsp3) is 0.435. The van der Waals surface area contributed by atoms with Crippen molar-refractivity contribution in [3.63, 3.8) is 0 Å². The zero-order valence-corrected chi connectivity index (χ0v) is 20.0. The van der Waals surface area contributed by atoms with Gasteiger partial charge in [0.05, 0.1) is 32.2 Å². The molecule has 0 spiro atoms. The molecule has 0 aliphatic heterocycles. The van der Waals surface area contributed by atoms with Crippen molar-refractivity contribution in [2.24, 2.45) is 0 Å². The average molecular weight is 449 g/mol. The highest BCUT2D eigenvalue weighted by molar-refractivity contribution is 7.92. The van der Waals surface area contributed by atoms with Gasteiger partial charge in [0.25, 0.3) is 0 Å². The highest BCUT2D eigenvalue weighted by atomic mass is 32.2. The summed E-state index contributed by atoms with van der Waals surface area (Å²) in [7, 11) is -0.867. The number of hydrogen-bond acceptors (Lipinski definition) is 5. The molecule has 1 N–H and O–H groups in total. The minimum absolute atomic E-state index is 0.232. The van der Waals surface area contributed by atoms with Gasteiger partial charge in [-0.15, -0.1) is 0 Å². The second-order valence-corrected chi connectivity index (χ2v) is 9.46. The van der Waals surface area contributed by atoms with Crippen LogP contribution in [0.3, 0.4) is 0 Å². The molecule has 0 bridgehead atoms. The number of hydrogen-bond donors (Lipinski definition) is 1. The monoisotopic (exact) mass is 448 g/mol. The molecular formula is C23H32N2O5S. The molecule has 170 valence electrons. The van der Waals surface area contributed by atoms with Gasteiger partial charge in [0.2, 0.25) is 15.9 Å². The summed E-state index contributed by atoms with van der Waals surface area (Å²) in [6, 6.07) is 9.67. The van der Waals surface area contributed by atoms with E-state index in [0.29, 0.717) is 17.9 Å². The smallest absolute Gasteiger partial charge is 0.244 e. The lowest BCUT2D eigenvalue weighted by atomic mass is 9.97. The van der Waals surface area contributed by atoms with Gasteiger partial charge < -0.3 is 14.8 Å². The molecule has 0 aliphatic rings. The quantitative estimate of drug-likeness (QED) is 0.632. The fourth-order valence-electron chi connectivity index (χ4n) is 3.66. The van der Waals surface area contributed by atoms with E-state index in [2.05, 4.69) is 11.4 Å². The first kappa shape index (κ1) is 24.5. The molecule has 2 aromatic rings. The molecule has 0 aromatic heterocycles. The summed E-state index contributed by atoms with van der Waals surface area (Å²) < 4.78 is 37.1. The molecule has 2 aromatic carbocycles. The highest BCUT2D eigenvalue weighted by Crippen LogP contribution is 2.35. The van der Waals surface area contributed by atoms with Gasteiger partial charge >= 0.3 is 0 Å². The van der Waals surface area contributed by atoms with Crippen molar-refractivity contribution in [3.8, 4) is 11.5 Å². The van der Waals surface area contributed by atoms with E-state index in [0.717, 1.165) is 27.3 Å². The summed E-state index contributed by atoms with van der Waals surface area (Å²) in [5.74, 6) is 0.383. The molecular weight excluding hydrogens is 416 g/mol. The lowest BCUT2D eigenvalue weighted by molar-refractivity contribution is -0.122. The third-order valence-corrected chi connectivity index (χ3v) is 6.46. The average Bonchev–Trinajstić information content (AvgIpc) is 2.71. The van der Waals surface area contributed by atoms with Gasteiger partial charge in [-0.3, -0.25) is 9.10 Å². The van der Waals surface area contributed by atoms with Gasteiger partial charge in [-0.1, -0.05) is 30.7 Å². The number of carbonyl (C=O) groups is 1. The van der Waals surface area contributed by atoms with Gasteiger partial charge in [0.15, 0.2) is 0 Å². The Morgan fingerprint density at radius 3 is 2.29 bits per heavy atom. The van der Waals surface area contributed by atoms with Crippen molar-refractivity contribution >= 4 is 21.6 Å². The largest absolute Gasteiger partial charge is 0.497 e. The Morgan fingerprint density at radius 1 is 1.10 bits per heavy atom. The van der Waals surface area contributed by atoms with E-state index < -0.39 is 22.0 Å². The van der Waals surface area contributed by atoms with Gasteiger partial charge in [-0.2, -0.15) is 0 Å². The van der Waals surface area contributed by atoms with Crippen molar-refractivity contribution in [3.05, 3.63) is 53.1 Å². The van der Waals surface area contributed by atoms with Gasteiger partial charge in [-0.05, 0) is 50.5 Å². The number of carbonyl (C=O) groups excluding carboxylic acids is 1. The van der Waals surface area contributed by atoms with Crippen molar-refractivity contribution in [1.29, 1.82) is 0 Å². The Kier molecular flexibility index (Phi) is 7.95. The number of nitrogens with zero attached hydrogens (tertiary/aromatic N) is 1. The number of amides is 1. The number of anilines is 1. The summed E-state index contributed by atoms with van der Waals surface area (Å²) >= 11 is 0. The molecule has 0 radical (unpaired) electrons. The number of benzene rings is 2. The van der Waals surface area contributed by atoms with Gasteiger partial charge in [0, 0.05) is 6.07 Å². The summed E-state index contributed by atoms with van der Waals surface area (Å²) in [5, 5.41) is 3.01. The van der Waals surface area contributed by atoms with Crippen LogP contribution in [0, 0.1) is 13.8 Å². The third kappa shape index (κ3) is 5.70. The number of methoxy groups -OCH3 is 2. The minimum Gasteiger partial charge on any atom is -0.497 e. The maximum atomic E-state index is 13.2. The Hall–Kier alpha value is -2.74. The maximum absolute atomic E-state index is 13.2. The van der Waals surface area contributed by atoms with Crippen LogP contribution in [0.4, 0.5) is 5.69 Å². The topological polar surface area (TPSA) is 84.9 Å². The second-order valence-electron chi connectivity index (χ2n) is 7.60. The molecule has 2 rings (SSSR count). The standard InChI is InChI=1S/C23H32N2O5S/c1-8-20(19-11-9-15(2)13-16(19)3)24-23(26)17(4)25(31(7,27)28)21-14-18(29-5)10-12-22(21)30-6/h9-14,17,20H,8H2,1-7H3,(H,24,26)/t17-,20-/m1/s1. The number of rotatable bonds is 9. The number of ether oxygens (including phenoxy) is 2. The molecule has 2 atom stereocenters. The molecule has 0 saturated carbocycles. The van der Waals surface area contributed by atoms with Gasteiger partial charge in [0.1, 0.15) is 17.5 Å². The summed E-state index contributed by atoms with van der Waals surface area (Å²) in [6.45, 7) is 7.56. The van der Waals surface area contributed by atoms with Gasteiger partial charge in [-0.25, -0.2) is 8.42 Å². The molecule has 0 heterocycles. The number of nitrogens with one attached hydrogen (secondary N) is 1. The molecule has 0 aliphatic carbocycles. The fourth-order valence-corrected chi connectivity index (χ4v) is 4.83. The normalized spacial score (nSPS) is 13.3. The predicted octanol–water partition coefficient (Wildman–Crippen LogP) is 3.74. The SMILES string of the molecule is CC[C@@H](NC(=O)[C@@H](C)N(c1cc(OC)ccc1OC)S(C)(=O)=O)c1ccc(C)cc1C. The molecule has 0 unspecified atom stereocenters. The Morgan fingerprint density at radius 2 is 1.77 bits per heavy atom. The molecule has 0 fully saturated rings. The van der Waals surface area contributed by atoms with E-state index in [1.54, 1.807) is 25.1 Å². The molecule has 0 saturated heterocycles. The summed E-state index contributed by atoms with van der Waals surface area (Å²) in [6.07, 6.45) is 1.74. The van der Waals surface area contributed by atoms with Crippen molar-refractivity contribution in [2.75, 3.05) is 24.8 Å². The van der Waals surface area contributed by atoms with Crippen molar-refractivity contribution in [1.82, 2.24) is 5.32 Å². The second kappa shape index (κ2) is 10.0. The Bertz CT molecular complexity index is 1040. The number of sulfonamides is 1. The van der Waals surface area contributed by atoms with Crippen LogP contribution in [0.5, 0.6) is 11.5 Å². The van der Waals surface area contributed by atoms with Crippen LogP contribution in [-0.2, 0) is 14.8 Å². The van der Waals surface area contributed by atoms with E-state index in [1.807, 2.05) is 32.9 Å². The Labute approximate surface area is 185 Å². The Balaban J connectivity index is 2.42. The third-order valence-electron chi connectivity index (χ3n) is 5.24. The van der Waals surface area contributed by atoms with Crippen LogP contribution < -0.4 is 19.1 Å². The first-order valence-corrected chi connectivity index (χ1v) is 12.0. The van der Waals surface area contributed by atoms with Crippen molar-refractivity contribution in [2.45, 2.75) is 46.2 Å². The van der Waals surface area contributed by atoms with Crippen LogP contribution in [0.15, 0.2) is 36.4 Å². The van der Waals surface area contributed by atoms with E-state index >= 15 is 0 Å². The zero-order chi connectivity index (χ0) is 23.3. The van der Waals surface area contributed by atoms with Crippen LogP contribution in [0.1, 0.15) is 43.0 Å². The zero-order valence-electron chi connectivity index (χ0n) is 19.2. The lowest BCUT2D eigenvalue weighted by Crippen LogP contribution is -2.48. The first-order valence-electron chi connectivity index (χ1n) is 10.1. The van der Waals surface area contributed by atoms with E-state index in [-0.39, 0.29) is 11.7 Å². The van der Waals surface area contributed by atoms with Crippen LogP contribution in [-0.4, -0.2) is 40.8 Å². The van der Waals surface area contributed by atoms with Crippen molar-refractivity contribution < 1.29 is 22.7 Å². The van der Waals surface area contributed by atoms with E-state index in [4.69, 9.17) is 9.47 Å². The van der Waals surface area contributed by atoms with E-state index in [9.17, 15) is 13.2 Å². The highest BCUT2D eigenvalue weighted by Gasteiger charge is 2.32. The first-order chi connectivity index (χ1) is 14.5. The predicted molar refractivity (Wildman–Crippen MR) is 123 cm³/mol. The van der Waals surface area contributed by atoms with E-state index in [1.165, 1.54) is 14.2 Å². The molecule has 8 heteroatoms. The minimum atomic E-state index is -3.80. The van der Waals surface area contributed by atoms with Crippen LogP contribution in [0.25, 0.3) is 0 Å². The molecule has 31 heavy (non-hydrogen) atoms. The molecule has 7 nitrogen and oxygen atoms in total. The summed E-state index contributed by atoms with van der Waals surface area (Å²) in [4.78, 5) is 13.2. The molecule has 1 amide bonds.